The second-order valence-corrected chi connectivity index (χ2v) is 5.80. The fourth-order valence-electron chi connectivity index (χ4n) is 2.66. The van der Waals surface area contributed by atoms with E-state index < -0.39 is 40.7 Å². The van der Waals surface area contributed by atoms with Crippen molar-refractivity contribution in [3.05, 3.63) is 71.6 Å². The molecule has 0 saturated carbocycles. The lowest BCUT2D eigenvalue weighted by Crippen LogP contribution is -2.21. The van der Waals surface area contributed by atoms with Crippen molar-refractivity contribution in [1.82, 2.24) is 9.78 Å². The van der Waals surface area contributed by atoms with Crippen molar-refractivity contribution in [2.24, 2.45) is 0 Å². The molecule has 0 fully saturated rings. The minimum atomic E-state index is -5.00. The van der Waals surface area contributed by atoms with Crippen LogP contribution in [0.15, 0.2) is 48.7 Å². The zero-order valence-electron chi connectivity index (χ0n) is 14.9. The van der Waals surface area contributed by atoms with Crippen LogP contribution in [0.5, 0.6) is 5.75 Å². The first kappa shape index (κ1) is 20.3. The van der Waals surface area contributed by atoms with Gasteiger partial charge in [-0.15, -0.1) is 0 Å². The number of nitrogens with one attached hydrogen (secondary N) is 1. The van der Waals surface area contributed by atoms with E-state index in [-0.39, 0.29) is 18.0 Å². The maximum atomic E-state index is 14.0. The molecule has 1 amide bonds. The van der Waals surface area contributed by atoms with Gasteiger partial charge in [-0.25, -0.2) is 13.5 Å². The molecule has 1 heterocycles. The number of benzene rings is 2. The van der Waals surface area contributed by atoms with Crippen molar-refractivity contribution < 1.29 is 31.5 Å². The van der Waals surface area contributed by atoms with E-state index in [1.807, 2.05) is 0 Å². The maximum absolute atomic E-state index is 14.0. The summed E-state index contributed by atoms with van der Waals surface area (Å²) in [4.78, 5) is 12.5. The van der Waals surface area contributed by atoms with E-state index in [0.29, 0.717) is 10.9 Å². The SMILES string of the molecule is CCOc1cc(F)ccc1NC(=O)c1cnn(-c2ccccc2F)c1C(F)(F)F. The van der Waals surface area contributed by atoms with Crippen LogP contribution in [0, 0.1) is 11.6 Å². The minimum Gasteiger partial charge on any atom is -0.492 e. The third-order valence-corrected chi connectivity index (χ3v) is 3.85. The molecule has 0 spiro atoms. The number of rotatable bonds is 5. The molecule has 10 heteroatoms. The number of anilines is 1. The van der Waals surface area contributed by atoms with Gasteiger partial charge in [0.25, 0.3) is 5.91 Å². The first-order chi connectivity index (χ1) is 13.7. The third-order valence-electron chi connectivity index (χ3n) is 3.85. The summed E-state index contributed by atoms with van der Waals surface area (Å²) < 4.78 is 73.9. The van der Waals surface area contributed by atoms with Gasteiger partial charge in [-0.05, 0) is 31.2 Å². The maximum Gasteiger partial charge on any atom is 0.434 e. The summed E-state index contributed by atoms with van der Waals surface area (Å²) in [5.74, 6) is -2.79. The molecule has 0 unspecified atom stereocenters. The minimum absolute atomic E-state index is 0.0231. The highest BCUT2D eigenvalue weighted by molar-refractivity contribution is 6.05. The van der Waals surface area contributed by atoms with Gasteiger partial charge < -0.3 is 10.1 Å². The summed E-state index contributed by atoms with van der Waals surface area (Å²) in [7, 11) is 0. The topological polar surface area (TPSA) is 56.1 Å². The lowest BCUT2D eigenvalue weighted by Gasteiger charge is -2.14. The highest BCUT2D eigenvalue weighted by Crippen LogP contribution is 2.35. The Morgan fingerprint density at radius 2 is 1.90 bits per heavy atom. The molecular weight excluding hydrogens is 397 g/mol. The Balaban J connectivity index is 2.04. The number of carbonyl (C=O) groups is 1. The van der Waals surface area contributed by atoms with Crippen LogP contribution in [-0.4, -0.2) is 22.3 Å². The third kappa shape index (κ3) is 4.20. The quantitative estimate of drug-likeness (QED) is 0.613. The highest BCUT2D eigenvalue weighted by atomic mass is 19.4. The van der Waals surface area contributed by atoms with Crippen molar-refractivity contribution in [2.45, 2.75) is 13.1 Å². The van der Waals surface area contributed by atoms with Crippen LogP contribution in [0.2, 0.25) is 0 Å². The van der Waals surface area contributed by atoms with Crippen LogP contribution in [0.25, 0.3) is 5.69 Å². The number of halogens is 5. The number of amides is 1. The number of ether oxygens (including phenoxy) is 1. The lowest BCUT2D eigenvalue weighted by atomic mass is 10.2. The van der Waals surface area contributed by atoms with Gasteiger partial charge in [0.15, 0.2) is 5.69 Å². The number of para-hydroxylation sites is 1. The molecule has 0 bridgehead atoms. The zero-order chi connectivity index (χ0) is 21.2. The summed E-state index contributed by atoms with van der Waals surface area (Å²) in [5.41, 5.74) is -2.76. The molecule has 0 aliphatic carbocycles. The molecule has 1 aromatic heterocycles. The summed E-state index contributed by atoms with van der Waals surface area (Å²) >= 11 is 0. The molecule has 1 N–H and O–H groups in total. The van der Waals surface area contributed by atoms with Gasteiger partial charge >= 0.3 is 6.18 Å². The summed E-state index contributed by atoms with van der Waals surface area (Å²) in [6.45, 7) is 1.77. The van der Waals surface area contributed by atoms with Gasteiger partial charge in [0, 0.05) is 6.07 Å². The van der Waals surface area contributed by atoms with Crippen LogP contribution in [0.3, 0.4) is 0 Å². The fourth-order valence-corrected chi connectivity index (χ4v) is 2.66. The second-order valence-electron chi connectivity index (χ2n) is 5.80. The van der Waals surface area contributed by atoms with Crippen LogP contribution >= 0.6 is 0 Å². The van der Waals surface area contributed by atoms with E-state index >= 15 is 0 Å². The van der Waals surface area contributed by atoms with Crippen LogP contribution in [-0.2, 0) is 6.18 Å². The smallest absolute Gasteiger partial charge is 0.434 e. The van der Waals surface area contributed by atoms with Gasteiger partial charge in [-0.1, -0.05) is 12.1 Å². The van der Waals surface area contributed by atoms with E-state index in [2.05, 4.69) is 10.4 Å². The summed E-state index contributed by atoms with van der Waals surface area (Å²) in [5, 5.41) is 5.81. The molecular formula is C19H14F5N3O2. The summed E-state index contributed by atoms with van der Waals surface area (Å²) in [6, 6.07) is 7.90. The number of hydrogen-bond acceptors (Lipinski definition) is 3. The standard InChI is InChI=1S/C19H14F5N3O2/c1-2-29-16-9-11(20)7-8-14(16)26-18(28)12-10-25-27(17(12)19(22,23)24)15-6-4-3-5-13(15)21/h3-10H,2H2,1H3,(H,26,28). The molecule has 29 heavy (non-hydrogen) atoms. The number of carbonyl (C=O) groups excluding carboxylic acids is 1. The summed E-state index contributed by atoms with van der Waals surface area (Å²) in [6.07, 6.45) is -4.31. The van der Waals surface area contributed by atoms with Gasteiger partial charge in [0.05, 0.1) is 24.1 Å². The molecule has 0 atom stereocenters. The molecule has 0 saturated heterocycles. The van der Waals surface area contributed by atoms with Crippen molar-refractivity contribution in [3.8, 4) is 11.4 Å². The molecule has 5 nitrogen and oxygen atoms in total. The van der Waals surface area contributed by atoms with Crippen molar-refractivity contribution in [3.63, 3.8) is 0 Å². The zero-order valence-corrected chi connectivity index (χ0v) is 14.9. The molecule has 2 aromatic carbocycles. The number of nitrogens with zero attached hydrogens (tertiary/aromatic N) is 2. The number of aromatic nitrogens is 2. The molecule has 3 rings (SSSR count). The lowest BCUT2D eigenvalue weighted by molar-refractivity contribution is -0.143. The van der Waals surface area contributed by atoms with E-state index in [4.69, 9.17) is 4.74 Å². The Labute approximate surface area is 161 Å². The molecule has 0 aliphatic rings. The molecule has 0 radical (unpaired) electrons. The Hall–Kier alpha value is -3.43. The van der Waals surface area contributed by atoms with Crippen molar-refractivity contribution in [1.29, 1.82) is 0 Å². The average Bonchev–Trinajstić information content (AvgIpc) is 3.10. The molecule has 3 aromatic rings. The Morgan fingerprint density at radius 3 is 2.55 bits per heavy atom. The van der Waals surface area contributed by atoms with Crippen LogP contribution in [0.4, 0.5) is 27.6 Å². The van der Waals surface area contributed by atoms with E-state index in [1.54, 1.807) is 6.92 Å². The monoisotopic (exact) mass is 411 g/mol. The second kappa shape index (κ2) is 7.90. The predicted octanol–water partition coefficient (Wildman–Crippen LogP) is 4.82. The van der Waals surface area contributed by atoms with Gasteiger partial charge in [-0.2, -0.15) is 18.3 Å². The first-order valence-electron chi connectivity index (χ1n) is 8.36. The van der Waals surface area contributed by atoms with Gasteiger partial charge in [0.2, 0.25) is 0 Å². The molecule has 0 aliphatic heterocycles. The van der Waals surface area contributed by atoms with Crippen LogP contribution < -0.4 is 10.1 Å². The number of hydrogen-bond donors (Lipinski definition) is 1. The average molecular weight is 411 g/mol. The Bertz CT molecular complexity index is 1050. The van der Waals surface area contributed by atoms with Crippen molar-refractivity contribution >= 4 is 11.6 Å². The normalized spacial score (nSPS) is 11.4. The van der Waals surface area contributed by atoms with E-state index in [1.165, 1.54) is 12.1 Å². The number of alkyl halides is 3. The van der Waals surface area contributed by atoms with Crippen LogP contribution in [0.1, 0.15) is 23.0 Å². The van der Waals surface area contributed by atoms with E-state index in [9.17, 15) is 26.7 Å². The highest BCUT2D eigenvalue weighted by Gasteiger charge is 2.41. The predicted molar refractivity (Wildman–Crippen MR) is 94.0 cm³/mol. The molecule has 152 valence electrons. The first-order valence-corrected chi connectivity index (χ1v) is 8.36. The van der Waals surface area contributed by atoms with Gasteiger partial charge in [-0.3, -0.25) is 4.79 Å². The fraction of sp³-hybridized carbons (Fsp3) is 0.158. The Morgan fingerprint density at radius 1 is 1.17 bits per heavy atom. The van der Waals surface area contributed by atoms with Gasteiger partial charge in [0.1, 0.15) is 23.1 Å². The van der Waals surface area contributed by atoms with E-state index in [0.717, 1.165) is 30.3 Å². The largest absolute Gasteiger partial charge is 0.492 e. The Kier molecular flexibility index (Phi) is 5.53. The van der Waals surface area contributed by atoms with Crippen molar-refractivity contribution in [2.75, 3.05) is 11.9 Å².